The van der Waals surface area contributed by atoms with E-state index in [4.69, 9.17) is 37.8 Å². The predicted molar refractivity (Wildman–Crippen MR) is 105 cm³/mol. The Morgan fingerprint density at radius 2 is 2.00 bits per heavy atom. The van der Waals surface area contributed by atoms with E-state index in [0.29, 0.717) is 36.3 Å². The zero-order valence-electron chi connectivity index (χ0n) is 14.7. The minimum atomic E-state index is -0.777. The number of rotatable bonds is 7. The number of halogens is 2. The fraction of sp³-hybridized carbons (Fsp3) is 0.350. The van der Waals surface area contributed by atoms with Crippen LogP contribution in [-0.4, -0.2) is 42.2 Å². The number of hydrogen-bond acceptors (Lipinski definition) is 4. The van der Waals surface area contributed by atoms with E-state index < -0.39 is 5.97 Å². The Kier molecular flexibility index (Phi) is 6.96. The molecule has 3 rings (SSSR count). The van der Waals surface area contributed by atoms with Crippen molar-refractivity contribution in [3.63, 3.8) is 0 Å². The van der Waals surface area contributed by atoms with Gasteiger partial charge in [0.25, 0.3) is 0 Å². The molecule has 0 amide bonds. The summed E-state index contributed by atoms with van der Waals surface area (Å²) in [6, 6.07) is 13.1. The zero-order valence-corrected chi connectivity index (χ0v) is 16.2. The molecule has 2 aromatic carbocycles. The van der Waals surface area contributed by atoms with E-state index in [1.54, 1.807) is 12.1 Å². The number of aliphatic carboxylic acids is 1. The first-order valence-electron chi connectivity index (χ1n) is 8.73. The summed E-state index contributed by atoms with van der Waals surface area (Å²) in [6.07, 6.45) is 0.0829. The normalized spacial score (nSPS) is 17.6. The zero-order chi connectivity index (χ0) is 19.2. The van der Waals surface area contributed by atoms with Crippen molar-refractivity contribution in [1.29, 1.82) is 0 Å². The molecule has 7 heteroatoms. The maximum absolute atomic E-state index is 10.7. The van der Waals surface area contributed by atoms with E-state index >= 15 is 0 Å². The van der Waals surface area contributed by atoms with Crippen LogP contribution in [-0.2, 0) is 16.1 Å². The van der Waals surface area contributed by atoms with Gasteiger partial charge in [-0.15, -0.1) is 0 Å². The fourth-order valence-electron chi connectivity index (χ4n) is 2.94. The SMILES string of the molecule is O=C(O)CCN1CCO[C@H](c2ccc(OCc3ccc(Cl)cc3Cl)cc2)C1. The number of benzene rings is 2. The van der Waals surface area contributed by atoms with Crippen LogP contribution in [0, 0.1) is 0 Å². The molecular weight excluding hydrogens is 389 g/mol. The van der Waals surface area contributed by atoms with Crippen molar-refractivity contribution >= 4 is 29.2 Å². The van der Waals surface area contributed by atoms with Gasteiger partial charge in [0.2, 0.25) is 0 Å². The van der Waals surface area contributed by atoms with E-state index in [0.717, 1.165) is 23.4 Å². The first-order chi connectivity index (χ1) is 13.0. The molecule has 1 aliphatic rings. The van der Waals surface area contributed by atoms with Crippen LogP contribution in [0.1, 0.15) is 23.7 Å². The maximum atomic E-state index is 10.7. The van der Waals surface area contributed by atoms with Crippen LogP contribution in [0.5, 0.6) is 5.75 Å². The molecule has 1 saturated heterocycles. The first-order valence-corrected chi connectivity index (χ1v) is 9.49. The summed E-state index contributed by atoms with van der Waals surface area (Å²) >= 11 is 12.1. The first kappa shape index (κ1) is 20.0. The lowest BCUT2D eigenvalue weighted by molar-refractivity contribution is -0.137. The third-order valence-corrected chi connectivity index (χ3v) is 5.04. The quantitative estimate of drug-likeness (QED) is 0.733. The molecule has 0 radical (unpaired) electrons. The highest BCUT2D eigenvalue weighted by atomic mass is 35.5. The van der Waals surface area contributed by atoms with Crippen LogP contribution in [0.2, 0.25) is 10.0 Å². The predicted octanol–water partition coefficient (Wildman–Crippen LogP) is 4.42. The van der Waals surface area contributed by atoms with Gasteiger partial charge in [0, 0.05) is 35.2 Å². The summed E-state index contributed by atoms with van der Waals surface area (Å²) in [4.78, 5) is 12.9. The maximum Gasteiger partial charge on any atom is 0.304 e. The molecule has 1 N–H and O–H groups in total. The van der Waals surface area contributed by atoms with E-state index in [1.807, 2.05) is 30.3 Å². The number of nitrogens with zero attached hydrogens (tertiary/aromatic N) is 1. The molecule has 0 aromatic heterocycles. The largest absolute Gasteiger partial charge is 0.489 e. The Bertz CT molecular complexity index is 782. The molecule has 144 valence electrons. The lowest BCUT2D eigenvalue weighted by atomic mass is 10.1. The third-order valence-electron chi connectivity index (χ3n) is 4.45. The van der Waals surface area contributed by atoms with Crippen LogP contribution in [0.3, 0.4) is 0 Å². The van der Waals surface area contributed by atoms with E-state index in [-0.39, 0.29) is 12.5 Å². The average Bonchev–Trinajstić information content (AvgIpc) is 2.66. The van der Waals surface area contributed by atoms with Gasteiger partial charge in [-0.1, -0.05) is 41.4 Å². The van der Waals surface area contributed by atoms with E-state index in [9.17, 15) is 4.79 Å². The molecule has 1 aliphatic heterocycles. The van der Waals surface area contributed by atoms with Crippen molar-refractivity contribution in [1.82, 2.24) is 4.90 Å². The van der Waals surface area contributed by atoms with Gasteiger partial charge < -0.3 is 14.6 Å². The second-order valence-corrected chi connectivity index (χ2v) is 7.24. The number of carboxylic acid groups (broad SMARTS) is 1. The minimum absolute atomic E-state index is 0.0627. The van der Waals surface area contributed by atoms with Crippen molar-refractivity contribution in [2.24, 2.45) is 0 Å². The second-order valence-electron chi connectivity index (χ2n) is 6.40. The Morgan fingerprint density at radius 3 is 2.70 bits per heavy atom. The average molecular weight is 410 g/mol. The summed E-state index contributed by atoms with van der Waals surface area (Å²) in [6.45, 7) is 2.94. The summed E-state index contributed by atoms with van der Waals surface area (Å²) in [7, 11) is 0. The molecule has 5 nitrogen and oxygen atoms in total. The lowest BCUT2D eigenvalue weighted by Crippen LogP contribution is -2.39. The van der Waals surface area contributed by atoms with Gasteiger partial charge in [-0.25, -0.2) is 0 Å². The van der Waals surface area contributed by atoms with Gasteiger partial charge in [-0.2, -0.15) is 0 Å². The number of morpholine rings is 1. The number of carboxylic acids is 1. The van der Waals surface area contributed by atoms with Gasteiger partial charge in [-0.05, 0) is 29.8 Å². The second kappa shape index (κ2) is 9.42. The molecule has 27 heavy (non-hydrogen) atoms. The van der Waals surface area contributed by atoms with Crippen LogP contribution >= 0.6 is 23.2 Å². The summed E-state index contributed by atoms with van der Waals surface area (Å²) in [5.74, 6) is -0.0383. The van der Waals surface area contributed by atoms with Gasteiger partial charge in [0.15, 0.2) is 0 Å². The molecule has 1 fully saturated rings. The summed E-state index contributed by atoms with van der Waals surface area (Å²) in [5, 5.41) is 10.0. The van der Waals surface area contributed by atoms with Gasteiger partial charge in [0.05, 0.1) is 19.1 Å². The Hall–Kier alpha value is -1.79. The molecule has 0 bridgehead atoms. The molecule has 1 atom stereocenters. The fourth-order valence-corrected chi connectivity index (χ4v) is 3.40. The highest BCUT2D eigenvalue weighted by molar-refractivity contribution is 6.35. The Morgan fingerprint density at radius 1 is 1.22 bits per heavy atom. The monoisotopic (exact) mass is 409 g/mol. The van der Waals surface area contributed by atoms with Crippen LogP contribution in [0.4, 0.5) is 0 Å². The van der Waals surface area contributed by atoms with Gasteiger partial charge in [0.1, 0.15) is 12.4 Å². The molecule has 0 spiro atoms. The number of carbonyl (C=O) groups is 1. The van der Waals surface area contributed by atoms with Gasteiger partial charge in [-0.3, -0.25) is 9.69 Å². The summed E-state index contributed by atoms with van der Waals surface area (Å²) < 4.78 is 11.6. The van der Waals surface area contributed by atoms with Crippen LogP contribution in [0.25, 0.3) is 0 Å². The molecule has 1 heterocycles. The highest BCUT2D eigenvalue weighted by Gasteiger charge is 2.22. The molecule has 2 aromatic rings. The number of ether oxygens (including phenoxy) is 2. The van der Waals surface area contributed by atoms with Crippen molar-refractivity contribution in [3.8, 4) is 5.75 Å². The van der Waals surface area contributed by atoms with Crippen LogP contribution < -0.4 is 4.74 Å². The minimum Gasteiger partial charge on any atom is -0.489 e. The van der Waals surface area contributed by atoms with Crippen molar-refractivity contribution in [2.75, 3.05) is 26.2 Å². The topological polar surface area (TPSA) is 59.0 Å². The van der Waals surface area contributed by atoms with Crippen molar-refractivity contribution in [2.45, 2.75) is 19.1 Å². The molecule has 0 saturated carbocycles. The summed E-state index contributed by atoms with van der Waals surface area (Å²) in [5.41, 5.74) is 1.92. The van der Waals surface area contributed by atoms with Crippen LogP contribution in [0.15, 0.2) is 42.5 Å². The van der Waals surface area contributed by atoms with E-state index in [2.05, 4.69) is 4.90 Å². The molecule has 0 unspecified atom stereocenters. The Labute approximate surface area is 168 Å². The number of hydrogen-bond donors (Lipinski definition) is 1. The standard InChI is InChI=1S/C20H21Cl2NO4/c21-16-4-1-15(18(22)11-16)13-27-17-5-2-14(3-6-17)19-12-23(9-10-26-19)8-7-20(24)25/h1-6,11,19H,7-10,12-13H2,(H,24,25)/t19-/m0/s1. The molecular formula is C20H21Cl2NO4. The smallest absolute Gasteiger partial charge is 0.304 e. The lowest BCUT2D eigenvalue weighted by Gasteiger charge is -2.32. The van der Waals surface area contributed by atoms with Crippen molar-refractivity contribution < 1.29 is 19.4 Å². The third kappa shape index (κ3) is 5.84. The molecule has 0 aliphatic carbocycles. The van der Waals surface area contributed by atoms with Gasteiger partial charge >= 0.3 is 5.97 Å². The highest BCUT2D eigenvalue weighted by Crippen LogP contribution is 2.26. The van der Waals surface area contributed by atoms with E-state index in [1.165, 1.54) is 0 Å². The van der Waals surface area contributed by atoms with Crippen molar-refractivity contribution in [3.05, 3.63) is 63.6 Å². The Balaban J connectivity index is 1.55.